The summed E-state index contributed by atoms with van der Waals surface area (Å²) in [6.07, 6.45) is 4.60. The van der Waals surface area contributed by atoms with Crippen molar-refractivity contribution in [1.29, 1.82) is 5.26 Å². The predicted octanol–water partition coefficient (Wildman–Crippen LogP) is 4.66. The monoisotopic (exact) mass is 527 g/mol. The highest BCUT2D eigenvalue weighted by molar-refractivity contribution is 6.36. The molecule has 1 N–H and O–H groups in total. The third kappa shape index (κ3) is 4.85. The molecule has 2 saturated heterocycles. The number of nitrogens with zero attached hydrogens (tertiary/aromatic N) is 6. The largest absolute Gasteiger partial charge is 0.462 e. The summed E-state index contributed by atoms with van der Waals surface area (Å²) in [5.74, 6) is 0.747. The summed E-state index contributed by atoms with van der Waals surface area (Å²) in [5.41, 5.74) is 3.39. The first kappa shape index (κ1) is 24.8. The van der Waals surface area contributed by atoms with Crippen LogP contribution in [-0.2, 0) is 0 Å². The minimum absolute atomic E-state index is 0.0763. The molecule has 0 bridgehead atoms. The molecule has 0 radical (unpaired) electrons. The second-order valence-electron chi connectivity index (χ2n) is 10.1. The number of aromatic nitrogens is 3. The molecular formula is C29H30ClN7O. The molecule has 4 heterocycles. The molecule has 0 spiro atoms. The Balaban J connectivity index is 1.43. The zero-order valence-electron chi connectivity index (χ0n) is 21.4. The fourth-order valence-electron chi connectivity index (χ4n) is 5.58. The number of nitriles is 1. The van der Waals surface area contributed by atoms with Gasteiger partial charge in [0.15, 0.2) is 5.82 Å². The van der Waals surface area contributed by atoms with Crippen LogP contribution in [0.4, 0.5) is 5.82 Å². The van der Waals surface area contributed by atoms with E-state index in [4.69, 9.17) is 31.3 Å². The van der Waals surface area contributed by atoms with Crippen molar-refractivity contribution < 1.29 is 4.74 Å². The standard InChI is InChI=1S/C29H30ClN7O/c1-36-13-4-7-22(36)18-38-29-34-25-15-20(23-8-2-5-19-6-3-9-24(30)26(19)23)16-33-27(25)28(35-29)37-14-12-32-21(17-37)10-11-31/h2-3,5-6,8-9,15-16,21-22,32H,4,7,10,12-14,17-18H2,1H3/t21-,22?/m0/s1. The number of halogens is 1. The van der Waals surface area contributed by atoms with Crippen LogP contribution in [-0.4, -0.2) is 71.8 Å². The minimum atomic E-state index is 0.0763. The lowest BCUT2D eigenvalue weighted by Gasteiger charge is -2.33. The second kappa shape index (κ2) is 10.7. The van der Waals surface area contributed by atoms with Gasteiger partial charge in [-0.1, -0.05) is 41.9 Å². The lowest BCUT2D eigenvalue weighted by molar-refractivity contribution is 0.188. The fraction of sp³-hybridized carbons (Fsp3) is 0.379. The van der Waals surface area contributed by atoms with Gasteiger partial charge in [-0.2, -0.15) is 15.2 Å². The van der Waals surface area contributed by atoms with Crippen LogP contribution in [0.25, 0.3) is 32.9 Å². The van der Waals surface area contributed by atoms with Gasteiger partial charge in [0, 0.05) is 53.9 Å². The lowest BCUT2D eigenvalue weighted by Crippen LogP contribution is -2.51. The zero-order chi connectivity index (χ0) is 26.1. The normalized spacial score (nSPS) is 20.2. The number of nitrogens with one attached hydrogen (secondary N) is 1. The van der Waals surface area contributed by atoms with E-state index in [-0.39, 0.29) is 6.04 Å². The van der Waals surface area contributed by atoms with Crippen molar-refractivity contribution in [1.82, 2.24) is 25.2 Å². The average Bonchev–Trinajstić information content (AvgIpc) is 3.35. The molecule has 38 heavy (non-hydrogen) atoms. The highest BCUT2D eigenvalue weighted by Gasteiger charge is 2.25. The van der Waals surface area contributed by atoms with Gasteiger partial charge >= 0.3 is 6.01 Å². The molecule has 9 heteroatoms. The number of benzene rings is 2. The van der Waals surface area contributed by atoms with Gasteiger partial charge in [-0.05, 0) is 49.5 Å². The number of likely N-dealkylation sites (N-methyl/N-ethyl adjacent to an activating group) is 1. The van der Waals surface area contributed by atoms with Crippen LogP contribution in [0, 0.1) is 11.3 Å². The third-order valence-electron chi connectivity index (χ3n) is 7.63. The Hall–Kier alpha value is -3.51. The topological polar surface area (TPSA) is 90.2 Å². The number of pyridine rings is 1. The first-order valence-electron chi connectivity index (χ1n) is 13.1. The maximum atomic E-state index is 9.24. The van der Waals surface area contributed by atoms with E-state index in [1.54, 1.807) is 0 Å². The van der Waals surface area contributed by atoms with Crippen molar-refractivity contribution in [3.05, 3.63) is 53.7 Å². The van der Waals surface area contributed by atoms with E-state index < -0.39 is 0 Å². The van der Waals surface area contributed by atoms with Crippen molar-refractivity contribution in [2.45, 2.75) is 31.3 Å². The highest BCUT2D eigenvalue weighted by Crippen LogP contribution is 2.35. The van der Waals surface area contributed by atoms with Gasteiger partial charge in [0.05, 0.1) is 18.0 Å². The van der Waals surface area contributed by atoms with Gasteiger partial charge in [0.2, 0.25) is 0 Å². The SMILES string of the molecule is CN1CCCC1COc1nc(N2CCN[C@@H](CC#N)C2)c2ncc(-c3cccc4cccc(Cl)c34)cc2n1. The molecule has 194 valence electrons. The van der Waals surface area contributed by atoms with Crippen molar-refractivity contribution in [3.63, 3.8) is 0 Å². The minimum Gasteiger partial charge on any atom is -0.462 e. The molecule has 8 nitrogen and oxygen atoms in total. The Bertz CT molecular complexity index is 1520. The number of hydrogen-bond acceptors (Lipinski definition) is 8. The molecule has 2 aromatic carbocycles. The molecule has 0 saturated carbocycles. The van der Waals surface area contributed by atoms with Crippen molar-refractivity contribution in [3.8, 4) is 23.2 Å². The molecule has 2 aliphatic rings. The summed E-state index contributed by atoms with van der Waals surface area (Å²) in [5, 5.41) is 15.4. The van der Waals surface area contributed by atoms with Crippen LogP contribution in [0.2, 0.25) is 5.02 Å². The van der Waals surface area contributed by atoms with Crippen LogP contribution in [0.15, 0.2) is 48.7 Å². The molecular weight excluding hydrogens is 498 g/mol. The lowest BCUT2D eigenvalue weighted by atomic mass is 9.99. The molecule has 2 aromatic heterocycles. The van der Waals surface area contributed by atoms with Crippen LogP contribution < -0.4 is 15.0 Å². The van der Waals surface area contributed by atoms with E-state index >= 15 is 0 Å². The Morgan fingerprint density at radius 1 is 1.18 bits per heavy atom. The van der Waals surface area contributed by atoms with Crippen LogP contribution in [0.3, 0.4) is 0 Å². The molecule has 1 unspecified atom stereocenters. The fourth-order valence-corrected chi connectivity index (χ4v) is 5.86. The van der Waals surface area contributed by atoms with Gasteiger partial charge in [-0.25, -0.2) is 0 Å². The van der Waals surface area contributed by atoms with Gasteiger partial charge in [0.1, 0.15) is 12.1 Å². The predicted molar refractivity (Wildman–Crippen MR) is 151 cm³/mol. The van der Waals surface area contributed by atoms with Gasteiger partial charge < -0.3 is 19.9 Å². The molecule has 4 aromatic rings. The Kier molecular flexibility index (Phi) is 6.98. The van der Waals surface area contributed by atoms with Crippen LogP contribution in [0.1, 0.15) is 19.3 Å². The summed E-state index contributed by atoms with van der Waals surface area (Å²) in [4.78, 5) is 19.1. The maximum Gasteiger partial charge on any atom is 0.319 e. The van der Waals surface area contributed by atoms with E-state index in [2.05, 4.69) is 52.5 Å². The van der Waals surface area contributed by atoms with E-state index in [0.717, 1.165) is 64.8 Å². The van der Waals surface area contributed by atoms with E-state index in [1.165, 1.54) is 6.42 Å². The third-order valence-corrected chi connectivity index (χ3v) is 7.95. The molecule has 2 fully saturated rings. The molecule has 6 rings (SSSR count). The van der Waals surface area contributed by atoms with Crippen molar-refractivity contribution >= 4 is 39.2 Å². The Morgan fingerprint density at radius 3 is 2.87 bits per heavy atom. The van der Waals surface area contributed by atoms with E-state index in [0.29, 0.717) is 36.6 Å². The molecule has 2 aliphatic heterocycles. The van der Waals surface area contributed by atoms with Crippen LogP contribution in [0.5, 0.6) is 6.01 Å². The summed E-state index contributed by atoms with van der Waals surface area (Å²) >= 11 is 6.63. The van der Waals surface area contributed by atoms with Gasteiger partial charge in [-0.15, -0.1) is 0 Å². The van der Waals surface area contributed by atoms with Gasteiger partial charge in [0.25, 0.3) is 0 Å². The van der Waals surface area contributed by atoms with Gasteiger partial charge in [-0.3, -0.25) is 4.98 Å². The number of fused-ring (bicyclic) bond motifs is 2. The number of rotatable bonds is 6. The molecule has 2 atom stereocenters. The summed E-state index contributed by atoms with van der Waals surface area (Å²) in [7, 11) is 2.13. The zero-order valence-corrected chi connectivity index (χ0v) is 22.2. The first-order chi connectivity index (χ1) is 18.6. The second-order valence-corrected chi connectivity index (χ2v) is 10.5. The Morgan fingerprint density at radius 2 is 2.05 bits per heavy atom. The van der Waals surface area contributed by atoms with E-state index in [1.807, 2.05) is 24.4 Å². The van der Waals surface area contributed by atoms with Crippen LogP contribution >= 0.6 is 11.6 Å². The smallest absolute Gasteiger partial charge is 0.319 e. The highest BCUT2D eigenvalue weighted by atomic mass is 35.5. The number of likely N-dealkylation sites (tertiary alicyclic amines) is 1. The van der Waals surface area contributed by atoms with Crippen molar-refractivity contribution in [2.24, 2.45) is 0 Å². The van der Waals surface area contributed by atoms with Crippen molar-refractivity contribution in [2.75, 3.05) is 44.7 Å². The number of piperazine rings is 1. The Labute approximate surface area is 227 Å². The first-order valence-corrected chi connectivity index (χ1v) is 13.5. The summed E-state index contributed by atoms with van der Waals surface area (Å²) in [6.45, 7) is 3.84. The molecule has 0 amide bonds. The summed E-state index contributed by atoms with van der Waals surface area (Å²) < 4.78 is 6.20. The molecule has 0 aliphatic carbocycles. The maximum absolute atomic E-state index is 9.24. The number of anilines is 1. The summed E-state index contributed by atoms with van der Waals surface area (Å²) in [6, 6.07) is 17.2. The quantitative estimate of drug-likeness (QED) is 0.387. The number of ether oxygens (including phenoxy) is 1. The average molecular weight is 528 g/mol. The number of hydrogen-bond donors (Lipinski definition) is 1. The van der Waals surface area contributed by atoms with E-state index in [9.17, 15) is 5.26 Å².